The van der Waals surface area contributed by atoms with E-state index in [4.69, 9.17) is 6.42 Å². The van der Waals surface area contributed by atoms with Gasteiger partial charge in [-0.05, 0) is 44.0 Å². The van der Waals surface area contributed by atoms with E-state index in [1.165, 1.54) is 22.3 Å². The molecule has 0 fully saturated rings. The summed E-state index contributed by atoms with van der Waals surface area (Å²) in [4.78, 5) is 0. The highest BCUT2D eigenvalue weighted by molar-refractivity contribution is 5.40. The normalized spacial score (nSPS) is 12.2. The molecule has 1 aromatic carbocycles. The van der Waals surface area contributed by atoms with E-state index >= 15 is 0 Å². The van der Waals surface area contributed by atoms with E-state index in [1.54, 1.807) is 0 Å². The van der Waals surface area contributed by atoms with Crippen LogP contribution in [0.4, 0.5) is 0 Å². The lowest BCUT2D eigenvalue weighted by atomic mass is 9.92. The Kier molecular flexibility index (Phi) is 4.58. The first-order valence-electron chi connectivity index (χ1n) is 5.84. The summed E-state index contributed by atoms with van der Waals surface area (Å²) in [5, 5.41) is 3.46. The van der Waals surface area contributed by atoms with Crippen LogP contribution in [0.15, 0.2) is 12.1 Å². The number of nitrogens with one attached hydrogen (secondary N) is 1. The van der Waals surface area contributed by atoms with Gasteiger partial charge in [-0.1, -0.05) is 24.6 Å². The molecule has 0 saturated carbocycles. The summed E-state index contributed by atoms with van der Waals surface area (Å²) in [6.45, 7) is 9.51. The van der Waals surface area contributed by atoms with E-state index in [0.717, 1.165) is 13.0 Å². The van der Waals surface area contributed by atoms with Crippen molar-refractivity contribution in [1.82, 2.24) is 5.32 Å². The molecule has 1 unspecified atom stereocenters. The van der Waals surface area contributed by atoms with Crippen molar-refractivity contribution in [2.45, 2.75) is 40.2 Å². The van der Waals surface area contributed by atoms with Gasteiger partial charge >= 0.3 is 0 Å². The average molecular weight is 215 g/mol. The van der Waals surface area contributed by atoms with E-state index < -0.39 is 0 Å². The summed E-state index contributed by atoms with van der Waals surface area (Å²) < 4.78 is 0. The van der Waals surface area contributed by atoms with Gasteiger partial charge in [-0.2, -0.15) is 0 Å². The lowest BCUT2D eigenvalue weighted by Gasteiger charge is -2.21. The van der Waals surface area contributed by atoms with Crippen LogP contribution in [0.3, 0.4) is 0 Å². The van der Waals surface area contributed by atoms with Gasteiger partial charge in [-0.3, -0.25) is 0 Å². The van der Waals surface area contributed by atoms with Gasteiger partial charge in [0.1, 0.15) is 0 Å². The fourth-order valence-corrected chi connectivity index (χ4v) is 2.38. The Morgan fingerprint density at radius 3 is 2.25 bits per heavy atom. The van der Waals surface area contributed by atoms with Crippen LogP contribution in [0.2, 0.25) is 0 Å². The average Bonchev–Trinajstić information content (AvgIpc) is 2.16. The van der Waals surface area contributed by atoms with Crippen molar-refractivity contribution in [2.24, 2.45) is 0 Å². The van der Waals surface area contributed by atoms with E-state index in [9.17, 15) is 0 Å². The van der Waals surface area contributed by atoms with Crippen LogP contribution in [0.25, 0.3) is 0 Å². The van der Waals surface area contributed by atoms with Gasteiger partial charge in [0.05, 0.1) is 0 Å². The number of hydrogen-bond acceptors (Lipinski definition) is 1. The van der Waals surface area contributed by atoms with Gasteiger partial charge in [0.15, 0.2) is 0 Å². The number of rotatable bonds is 4. The molecule has 86 valence electrons. The van der Waals surface area contributed by atoms with Gasteiger partial charge < -0.3 is 5.32 Å². The summed E-state index contributed by atoms with van der Waals surface area (Å²) >= 11 is 0. The number of aryl methyl sites for hydroxylation is 3. The third kappa shape index (κ3) is 2.87. The molecule has 1 rings (SSSR count). The first-order chi connectivity index (χ1) is 7.60. The lowest BCUT2D eigenvalue weighted by molar-refractivity contribution is 0.560. The predicted molar refractivity (Wildman–Crippen MR) is 70.5 cm³/mol. The molecule has 0 heterocycles. The van der Waals surface area contributed by atoms with Crippen molar-refractivity contribution in [2.75, 3.05) is 6.54 Å². The van der Waals surface area contributed by atoms with Crippen molar-refractivity contribution in [1.29, 1.82) is 0 Å². The van der Waals surface area contributed by atoms with E-state index in [0.29, 0.717) is 0 Å². The topological polar surface area (TPSA) is 12.0 Å². The zero-order valence-corrected chi connectivity index (χ0v) is 10.7. The number of hydrogen-bond donors (Lipinski definition) is 1. The van der Waals surface area contributed by atoms with E-state index in [1.807, 2.05) is 0 Å². The quantitative estimate of drug-likeness (QED) is 0.760. The summed E-state index contributed by atoms with van der Waals surface area (Å²) in [5.41, 5.74) is 5.34. The molecular weight excluding hydrogens is 194 g/mol. The minimum atomic E-state index is 0.288. The maximum Gasteiger partial charge on any atom is 0.0435 e. The molecule has 0 bridgehead atoms. The largest absolute Gasteiger partial charge is 0.309 e. The Morgan fingerprint density at radius 2 is 1.81 bits per heavy atom. The molecular formula is C15H21N. The summed E-state index contributed by atoms with van der Waals surface area (Å²) in [6.07, 6.45) is 6.19. The molecule has 1 aromatic rings. The molecule has 0 aliphatic carbocycles. The van der Waals surface area contributed by atoms with Crippen molar-refractivity contribution in [3.05, 3.63) is 34.4 Å². The van der Waals surface area contributed by atoms with Crippen LogP contribution >= 0.6 is 0 Å². The fraction of sp³-hybridized carbons (Fsp3) is 0.467. The molecule has 0 saturated heterocycles. The second-order valence-corrected chi connectivity index (χ2v) is 4.33. The molecule has 0 aliphatic heterocycles. The van der Waals surface area contributed by atoms with Crippen LogP contribution < -0.4 is 5.32 Å². The summed E-state index contributed by atoms with van der Waals surface area (Å²) in [6, 6.07) is 4.74. The predicted octanol–water partition coefficient (Wildman–Crippen LogP) is 3.29. The first-order valence-corrected chi connectivity index (χ1v) is 5.84. The van der Waals surface area contributed by atoms with Crippen LogP contribution in [0.1, 0.15) is 41.6 Å². The molecule has 1 heteroatoms. The van der Waals surface area contributed by atoms with Crippen LogP contribution in [-0.4, -0.2) is 6.54 Å². The Bertz CT molecular complexity index is 375. The molecule has 0 aliphatic rings. The Morgan fingerprint density at radius 1 is 1.25 bits per heavy atom. The fourth-order valence-electron chi connectivity index (χ4n) is 2.38. The highest BCUT2D eigenvalue weighted by Crippen LogP contribution is 2.25. The first kappa shape index (κ1) is 12.8. The Hall–Kier alpha value is -1.26. The SMILES string of the molecule is C#CCC(NCC)c1c(C)cc(C)cc1C. The van der Waals surface area contributed by atoms with Gasteiger partial charge in [-0.15, -0.1) is 12.3 Å². The maximum atomic E-state index is 5.44. The van der Waals surface area contributed by atoms with Crippen molar-refractivity contribution in [3.8, 4) is 12.3 Å². The molecule has 1 nitrogen and oxygen atoms in total. The van der Waals surface area contributed by atoms with E-state index in [2.05, 4.69) is 51.1 Å². The van der Waals surface area contributed by atoms with Crippen molar-refractivity contribution in [3.63, 3.8) is 0 Å². The molecule has 16 heavy (non-hydrogen) atoms. The third-order valence-corrected chi connectivity index (χ3v) is 2.86. The van der Waals surface area contributed by atoms with Crippen LogP contribution in [0, 0.1) is 33.1 Å². The maximum absolute atomic E-state index is 5.44. The minimum absolute atomic E-state index is 0.288. The zero-order chi connectivity index (χ0) is 12.1. The zero-order valence-electron chi connectivity index (χ0n) is 10.7. The monoisotopic (exact) mass is 215 g/mol. The molecule has 0 aromatic heterocycles. The summed E-state index contributed by atoms with van der Waals surface area (Å²) in [5.74, 6) is 2.76. The smallest absolute Gasteiger partial charge is 0.0435 e. The van der Waals surface area contributed by atoms with Gasteiger partial charge in [-0.25, -0.2) is 0 Å². The standard InChI is InChI=1S/C15H21N/c1-6-8-14(16-7-2)15-12(4)9-11(3)10-13(15)5/h1,9-10,14,16H,7-8H2,2-5H3. The molecule has 0 amide bonds. The summed E-state index contributed by atoms with van der Waals surface area (Å²) in [7, 11) is 0. The molecule has 1 atom stereocenters. The molecule has 0 spiro atoms. The Balaban J connectivity index is 3.13. The minimum Gasteiger partial charge on any atom is -0.309 e. The molecule has 1 N–H and O–H groups in total. The van der Waals surface area contributed by atoms with Crippen molar-refractivity contribution >= 4 is 0 Å². The third-order valence-electron chi connectivity index (χ3n) is 2.86. The number of terminal acetylenes is 1. The van der Waals surface area contributed by atoms with Gasteiger partial charge in [0.25, 0.3) is 0 Å². The van der Waals surface area contributed by atoms with Crippen LogP contribution in [0.5, 0.6) is 0 Å². The van der Waals surface area contributed by atoms with Gasteiger partial charge in [0, 0.05) is 12.5 Å². The van der Waals surface area contributed by atoms with Gasteiger partial charge in [0.2, 0.25) is 0 Å². The van der Waals surface area contributed by atoms with Crippen LogP contribution in [-0.2, 0) is 0 Å². The second-order valence-electron chi connectivity index (χ2n) is 4.33. The van der Waals surface area contributed by atoms with E-state index in [-0.39, 0.29) is 6.04 Å². The Labute approximate surface area is 99.3 Å². The number of benzene rings is 1. The highest BCUT2D eigenvalue weighted by Gasteiger charge is 2.14. The van der Waals surface area contributed by atoms with Crippen molar-refractivity contribution < 1.29 is 0 Å². The lowest BCUT2D eigenvalue weighted by Crippen LogP contribution is -2.22. The second kappa shape index (κ2) is 5.72. The molecule has 0 radical (unpaired) electrons. The highest BCUT2D eigenvalue weighted by atomic mass is 14.9.